The largest absolute Gasteiger partial charge is 0.507 e. The predicted molar refractivity (Wildman–Crippen MR) is 61.2 cm³/mol. The van der Waals surface area contributed by atoms with Crippen molar-refractivity contribution in [3.05, 3.63) is 41.5 Å². The average Bonchev–Trinajstić information content (AvgIpc) is 2.28. The number of aromatic hydroxyl groups is 1. The van der Waals surface area contributed by atoms with E-state index in [-0.39, 0.29) is 17.9 Å². The molecule has 2 aromatic carbocycles. The molecule has 2 aromatic rings. The molecule has 0 unspecified atom stereocenters. The molecule has 2 rings (SSSR count). The maximum Gasteiger partial charge on any atom is 0.339 e. The minimum absolute atomic E-state index is 0.133. The Kier molecular flexibility index (Phi) is 2.95. The molecule has 0 aliphatic carbocycles. The monoisotopic (exact) mass is 233 g/mol. The summed E-state index contributed by atoms with van der Waals surface area (Å²) in [5.74, 6) is -1.42. The van der Waals surface area contributed by atoms with Crippen molar-refractivity contribution in [1.82, 2.24) is 5.48 Å². The molecule has 88 valence electrons. The summed E-state index contributed by atoms with van der Waals surface area (Å²) in [6.07, 6.45) is 0. The number of benzene rings is 2. The molecule has 0 saturated heterocycles. The highest BCUT2D eigenvalue weighted by atomic mass is 16.5. The van der Waals surface area contributed by atoms with Crippen LogP contribution < -0.4 is 5.48 Å². The first-order chi connectivity index (χ1) is 8.11. The van der Waals surface area contributed by atoms with E-state index in [1.54, 1.807) is 18.2 Å². The molecule has 0 aromatic heterocycles. The number of aromatic carboxylic acids is 1. The van der Waals surface area contributed by atoms with Gasteiger partial charge in [-0.2, -0.15) is 0 Å². The van der Waals surface area contributed by atoms with Gasteiger partial charge in [-0.25, -0.2) is 10.3 Å². The van der Waals surface area contributed by atoms with E-state index in [1.807, 2.05) is 5.48 Å². The molecule has 0 spiro atoms. The maximum atomic E-state index is 10.9. The van der Waals surface area contributed by atoms with Crippen LogP contribution in [0.25, 0.3) is 10.8 Å². The van der Waals surface area contributed by atoms with Crippen molar-refractivity contribution < 1.29 is 20.2 Å². The Morgan fingerprint density at radius 3 is 2.59 bits per heavy atom. The van der Waals surface area contributed by atoms with Crippen molar-refractivity contribution >= 4 is 16.7 Å². The summed E-state index contributed by atoms with van der Waals surface area (Å²) < 4.78 is 0. The van der Waals surface area contributed by atoms with Crippen molar-refractivity contribution in [3.8, 4) is 5.75 Å². The number of carbonyl (C=O) groups is 1. The highest BCUT2D eigenvalue weighted by Crippen LogP contribution is 2.25. The van der Waals surface area contributed by atoms with Gasteiger partial charge >= 0.3 is 5.97 Å². The van der Waals surface area contributed by atoms with Crippen molar-refractivity contribution in [3.63, 3.8) is 0 Å². The van der Waals surface area contributed by atoms with Gasteiger partial charge in [0.05, 0.1) is 0 Å². The number of hydroxylamine groups is 1. The van der Waals surface area contributed by atoms with Crippen LogP contribution >= 0.6 is 0 Å². The quantitative estimate of drug-likeness (QED) is 0.606. The Morgan fingerprint density at radius 2 is 1.94 bits per heavy atom. The number of carboxylic acid groups (broad SMARTS) is 1. The third kappa shape index (κ3) is 2.20. The second-order valence-corrected chi connectivity index (χ2v) is 3.69. The smallest absolute Gasteiger partial charge is 0.339 e. The average molecular weight is 233 g/mol. The number of carboxylic acids is 1. The number of hydrogen-bond acceptors (Lipinski definition) is 4. The Bertz CT molecular complexity index is 580. The minimum atomic E-state index is -1.17. The van der Waals surface area contributed by atoms with Crippen LogP contribution in [-0.2, 0) is 6.54 Å². The van der Waals surface area contributed by atoms with Crippen LogP contribution in [-0.4, -0.2) is 21.4 Å². The van der Waals surface area contributed by atoms with Crippen LogP contribution in [0.4, 0.5) is 0 Å². The summed E-state index contributed by atoms with van der Waals surface area (Å²) in [5, 5.41) is 28.4. The van der Waals surface area contributed by atoms with E-state index in [2.05, 4.69) is 0 Å². The molecule has 0 aliphatic heterocycles. The maximum absolute atomic E-state index is 10.9. The molecule has 5 heteroatoms. The van der Waals surface area contributed by atoms with Gasteiger partial charge in [-0.3, -0.25) is 0 Å². The number of fused-ring (bicyclic) bond motifs is 1. The molecule has 0 bridgehead atoms. The zero-order chi connectivity index (χ0) is 12.4. The van der Waals surface area contributed by atoms with Gasteiger partial charge in [0.25, 0.3) is 0 Å². The van der Waals surface area contributed by atoms with Crippen molar-refractivity contribution in [2.24, 2.45) is 0 Å². The fourth-order valence-corrected chi connectivity index (χ4v) is 1.71. The summed E-state index contributed by atoms with van der Waals surface area (Å²) in [4.78, 5) is 10.9. The van der Waals surface area contributed by atoms with Gasteiger partial charge < -0.3 is 15.4 Å². The normalized spacial score (nSPS) is 10.6. The minimum Gasteiger partial charge on any atom is -0.507 e. The summed E-state index contributed by atoms with van der Waals surface area (Å²) >= 11 is 0. The van der Waals surface area contributed by atoms with E-state index in [4.69, 9.17) is 10.3 Å². The highest BCUT2D eigenvalue weighted by Gasteiger charge is 2.10. The second-order valence-electron chi connectivity index (χ2n) is 3.69. The Hall–Kier alpha value is -2.11. The van der Waals surface area contributed by atoms with Crippen LogP contribution in [0.2, 0.25) is 0 Å². The number of hydrogen-bond donors (Lipinski definition) is 4. The van der Waals surface area contributed by atoms with Gasteiger partial charge in [0.1, 0.15) is 11.3 Å². The summed E-state index contributed by atoms with van der Waals surface area (Å²) in [7, 11) is 0. The van der Waals surface area contributed by atoms with E-state index in [0.29, 0.717) is 5.39 Å². The van der Waals surface area contributed by atoms with Gasteiger partial charge in [-0.15, -0.1) is 0 Å². The Morgan fingerprint density at radius 1 is 1.18 bits per heavy atom. The summed E-state index contributed by atoms with van der Waals surface area (Å²) in [5.41, 5.74) is 2.72. The van der Waals surface area contributed by atoms with Crippen molar-refractivity contribution in [2.45, 2.75) is 6.54 Å². The van der Waals surface area contributed by atoms with Crippen LogP contribution in [0.15, 0.2) is 30.3 Å². The van der Waals surface area contributed by atoms with Gasteiger partial charge in [-0.1, -0.05) is 12.1 Å². The van der Waals surface area contributed by atoms with Crippen molar-refractivity contribution in [1.29, 1.82) is 0 Å². The van der Waals surface area contributed by atoms with Crippen LogP contribution in [0.5, 0.6) is 5.75 Å². The second kappa shape index (κ2) is 4.40. The third-order valence-electron chi connectivity index (χ3n) is 2.53. The lowest BCUT2D eigenvalue weighted by Gasteiger charge is -2.05. The topological polar surface area (TPSA) is 89.8 Å². The molecule has 0 radical (unpaired) electrons. The van der Waals surface area contributed by atoms with Gasteiger partial charge in [-0.05, 0) is 34.5 Å². The molecule has 0 atom stereocenters. The first-order valence-corrected chi connectivity index (χ1v) is 4.97. The standard InChI is InChI=1S/C12H11NO4/c14-11-5-8-2-1-7(6-13-17)3-9(8)4-10(11)12(15)16/h1-5,13-14,17H,6H2,(H,15,16). The van der Waals surface area contributed by atoms with E-state index in [9.17, 15) is 9.90 Å². The fraction of sp³-hybridized carbons (Fsp3) is 0.0833. The van der Waals surface area contributed by atoms with Crippen molar-refractivity contribution in [2.75, 3.05) is 0 Å². The molecule has 0 heterocycles. The van der Waals surface area contributed by atoms with E-state index in [0.717, 1.165) is 10.9 Å². The van der Waals surface area contributed by atoms with Crippen LogP contribution in [0.3, 0.4) is 0 Å². The van der Waals surface area contributed by atoms with Gasteiger partial charge in [0.15, 0.2) is 0 Å². The lowest BCUT2D eigenvalue weighted by Crippen LogP contribution is -2.05. The van der Waals surface area contributed by atoms with Gasteiger partial charge in [0.2, 0.25) is 0 Å². The first kappa shape index (κ1) is 11.4. The molecule has 0 saturated carbocycles. The zero-order valence-electron chi connectivity index (χ0n) is 8.84. The molecule has 0 amide bonds. The number of phenols is 1. The van der Waals surface area contributed by atoms with Crippen LogP contribution in [0.1, 0.15) is 15.9 Å². The van der Waals surface area contributed by atoms with Gasteiger partial charge in [0, 0.05) is 6.54 Å². The SMILES string of the molecule is O=C(O)c1cc2cc(CNO)ccc2cc1O. The fourth-order valence-electron chi connectivity index (χ4n) is 1.71. The summed E-state index contributed by atoms with van der Waals surface area (Å²) in [6.45, 7) is 0.277. The summed E-state index contributed by atoms with van der Waals surface area (Å²) in [6, 6.07) is 8.12. The Balaban J connectivity index is 2.59. The molecule has 4 N–H and O–H groups in total. The number of rotatable bonds is 3. The Labute approximate surface area is 96.9 Å². The highest BCUT2D eigenvalue weighted by molar-refractivity contribution is 5.97. The molecular formula is C12H11NO4. The van der Waals surface area contributed by atoms with E-state index >= 15 is 0 Å². The number of nitrogens with one attached hydrogen (secondary N) is 1. The zero-order valence-corrected chi connectivity index (χ0v) is 8.84. The molecular weight excluding hydrogens is 222 g/mol. The molecule has 5 nitrogen and oxygen atoms in total. The van der Waals surface area contributed by atoms with E-state index < -0.39 is 5.97 Å². The van der Waals surface area contributed by atoms with E-state index in [1.165, 1.54) is 12.1 Å². The molecule has 0 fully saturated rings. The lowest BCUT2D eigenvalue weighted by atomic mass is 10.0. The first-order valence-electron chi connectivity index (χ1n) is 4.97. The molecule has 17 heavy (non-hydrogen) atoms. The predicted octanol–water partition coefficient (Wildman–Crippen LogP) is 1.72. The third-order valence-corrected chi connectivity index (χ3v) is 2.53. The molecule has 0 aliphatic rings. The lowest BCUT2D eigenvalue weighted by molar-refractivity contribution is 0.0694. The van der Waals surface area contributed by atoms with Crippen LogP contribution in [0, 0.1) is 0 Å².